The van der Waals surface area contributed by atoms with E-state index >= 15 is 0 Å². The Kier molecular flexibility index (Phi) is 5.54. The number of rotatable bonds is 6. The monoisotopic (exact) mass is 324 g/mol. The summed E-state index contributed by atoms with van der Waals surface area (Å²) in [6.07, 6.45) is 3.25. The van der Waals surface area contributed by atoms with Crippen LogP contribution >= 0.6 is 11.3 Å². The summed E-state index contributed by atoms with van der Waals surface area (Å²) in [6.45, 7) is 2.00. The third-order valence-electron chi connectivity index (χ3n) is 3.46. The molecule has 0 saturated heterocycles. The Morgan fingerprint density at radius 1 is 1.23 bits per heavy atom. The highest BCUT2D eigenvalue weighted by Gasteiger charge is 2.27. The lowest BCUT2D eigenvalue weighted by atomic mass is 9.95. The first kappa shape index (κ1) is 16.5. The van der Waals surface area contributed by atoms with Crippen LogP contribution < -0.4 is 10.4 Å². The maximum Gasteiger partial charge on any atom is 0.341 e. The second-order valence-corrected chi connectivity index (χ2v) is 6.16. The van der Waals surface area contributed by atoms with Gasteiger partial charge in [0.15, 0.2) is 0 Å². The summed E-state index contributed by atoms with van der Waals surface area (Å²) in [5.41, 5.74) is 1.40. The molecule has 1 aromatic rings. The molecule has 22 heavy (non-hydrogen) atoms. The second-order valence-electron chi connectivity index (χ2n) is 5.06. The van der Waals surface area contributed by atoms with Gasteiger partial charge in [0.1, 0.15) is 5.00 Å². The highest BCUT2D eigenvalue weighted by molar-refractivity contribution is 7.17. The minimum Gasteiger partial charge on any atom is -0.550 e. The first-order chi connectivity index (χ1) is 10.5. The summed E-state index contributed by atoms with van der Waals surface area (Å²) < 4.78 is 5.09. The van der Waals surface area contributed by atoms with Gasteiger partial charge in [0.25, 0.3) is 0 Å². The van der Waals surface area contributed by atoms with E-state index in [4.69, 9.17) is 4.74 Å². The normalized spacial score (nSPS) is 13.3. The number of carboxylic acid groups (broad SMARTS) is 1. The van der Waals surface area contributed by atoms with Crippen molar-refractivity contribution in [3.8, 4) is 0 Å². The van der Waals surface area contributed by atoms with Crippen LogP contribution in [0.25, 0.3) is 0 Å². The zero-order valence-electron chi connectivity index (χ0n) is 12.4. The Balaban J connectivity index is 2.22. The molecule has 6 nitrogen and oxygen atoms in total. The molecule has 0 atom stereocenters. The molecule has 1 aliphatic rings. The third kappa shape index (κ3) is 3.85. The number of thiophene rings is 1. The Morgan fingerprint density at radius 3 is 2.64 bits per heavy atom. The van der Waals surface area contributed by atoms with Crippen molar-refractivity contribution in [2.24, 2.45) is 0 Å². The second kappa shape index (κ2) is 7.40. The van der Waals surface area contributed by atoms with Crippen LogP contribution in [0.3, 0.4) is 0 Å². The predicted octanol–water partition coefficient (Wildman–Crippen LogP) is 1.27. The molecular weight excluding hydrogens is 306 g/mol. The van der Waals surface area contributed by atoms with E-state index in [0.29, 0.717) is 10.6 Å². The molecule has 1 aliphatic carbocycles. The third-order valence-corrected chi connectivity index (χ3v) is 4.67. The van der Waals surface area contributed by atoms with Crippen LogP contribution in [-0.4, -0.2) is 24.5 Å². The molecule has 7 heteroatoms. The van der Waals surface area contributed by atoms with Gasteiger partial charge in [-0.25, -0.2) is 4.79 Å². The van der Waals surface area contributed by atoms with E-state index in [0.717, 1.165) is 36.1 Å². The van der Waals surface area contributed by atoms with Crippen molar-refractivity contribution in [2.45, 2.75) is 45.4 Å². The molecule has 0 unspecified atom stereocenters. The molecule has 1 amide bonds. The number of carboxylic acids is 1. The van der Waals surface area contributed by atoms with Crippen molar-refractivity contribution < 1.29 is 24.2 Å². The number of amides is 1. The molecule has 1 heterocycles. The fourth-order valence-electron chi connectivity index (χ4n) is 2.48. The van der Waals surface area contributed by atoms with E-state index in [-0.39, 0.29) is 19.4 Å². The van der Waals surface area contributed by atoms with E-state index in [1.165, 1.54) is 11.3 Å². The van der Waals surface area contributed by atoms with Crippen molar-refractivity contribution >= 4 is 34.2 Å². The minimum atomic E-state index is -1.27. The standard InChI is InChI=1S/C15H19NO5S/c1-2-21-15(20)13-9-5-3-4-6-10(9)22-14(13)16-11(17)7-8-12(18)19/h2-8H2,1H3,(H,16,17)(H,18,19)/p-1. The van der Waals surface area contributed by atoms with Crippen LogP contribution in [0, 0.1) is 0 Å². The van der Waals surface area contributed by atoms with Crippen LogP contribution in [0.4, 0.5) is 5.00 Å². The van der Waals surface area contributed by atoms with Gasteiger partial charge in [-0.2, -0.15) is 0 Å². The largest absolute Gasteiger partial charge is 0.550 e. The van der Waals surface area contributed by atoms with Crippen molar-refractivity contribution in [1.29, 1.82) is 0 Å². The van der Waals surface area contributed by atoms with Gasteiger partial charge in [-0.1, -0.05) is 0 Å². The van der Waals surface area contributed by atoms with Crippen LogP contribution in [-0.2, 0) is 27.2 Å². The molecule has 1 N–H and O–H groups in total. The van der Waals surface area contributed by atoms with E-state index in [2.05, 4.69) is 5.32 Å². The lowest BCUT2D eigenvalue weighted by Gasteiger charge is -2.12. The van der Waals surface area contributed by atoms with Gasteiger partial charge in [0.05, 0.1) is 12.2 Å². The van der Waals surface area contributed by atoms with Gasteiger partial charge >= 0.3 is 5.97 Å². The van der Waals surface area contributed by atoms with Crippen LogP contribution in [0.2, 0.25) is 0 Å². The van der Waals surface area contributed by atoms with Gasteiger partial charge in [-0.05, 0) is 44.6 Å². The quantitative estimate of drug-likeness (QED) is 0.795. The number of anilines is 1. The number of hydrogen-bond donors (Lipinski definition) is 1. The van der Waals surface area contributed by atoms with Crippen LogP contribution in [0.5, 0.6) is 0 Å². The lowest BCUT2D eigenvalue weighted by molar-refractivity contribution is -0.305. The summed E-state index contributed by atoms with van der Waals surface area (Å²) in [5.74, 6) is -2.14. The van der Waals surface area contributed by atoms with Crippen molar-refractivity contribution in [3.05, 3.63) is 16.0 Å². The van der Waals surface area contributed by atoms with Gasteiger partial charge < -0.3 is 20.0 Å². The minimum absolute atomic E-state index is 0.173. The zero-order valence-corrected chi connectivity index (χ0v) is 13.2. The number of carbonyl (C=O) groups is 3. The highest BCUT2D eigenvalue weighted by atomic mass is 32.1. The Labute approximate surface area is 132 Å². The fourth-order valence-corrected chi connectivity index (χ4v) is 3.77. The summed E-state index contributed by atoms with van der Waals surface area (Å²) in [7, 11) is 0. The number of ether oxygens (including phenoxy) is 1. The Bertz CT molecular complexity index is 593. The smallest absolute Gasteiger partial charge is 0.341 e. The van der Waals surface area contributed by atoms with Crippen LogP contribution in [0.15, 0.2) is 0 Å². The molecule has 0 aromatic carbocycles. The number of carbonyl (C=O) groups excluding carboxylic acids is 3. The summed E-state index contributed by atoms with van der Waals surface area (Å²) in [4.78, 5) is 35.5. The van der Waals surface area contributed by atoms with Crippen molar-refractivity contribution in [2.75, 3.05) is 11.9 Å². The highest BCUT2D eigenvalue weighted by Crippen LogP contribution is 2.38. The van der Waals surface area contributed by atoms with Crippen molar-refractivity contribution in [3.63, 3.8) is 0 Å². The summed E-state index contributed by atoms with van der Waals surface area (Å²) in [5, 5.41) is 13.5. The van der Waals surface area contributed by atoms with E-state index < -0.39 is 17.8 Å². The first-order valence-corrected chi connectivity index (χ1v) is 8.16. The number of aliphatic carboxylic acids is 1. The average molecular weight is 324 g/mol. The van der Waals surface area contributed by atoms with Gasteiger partial charge in [0, 0.05) is 17.3 Å². The van der Waals surface area contributed by atoms with Crippen LogP contribution in [0.1, 0.15) is 53.4 Å². The van der Waals surface area contributed by atoms with E-state index in [9.17, 15) is 19.5 Å². The number of hydrogen-bond acceptors (Lipinski definition) is 6. The fraction of sp³-hybridized carbons (Fsp3) is 0.533. The van der Waals surface area contributed by atoms with Gasteiger partial charge in [-0.15, -0.1) is 11.3 Å². The Hall–Kier alpha value is -1.89. The average Bonchev–Trinajstić information content (AvgIpc) is 2.83. The number of nitrogens with one attached hydrogen (secondary N) is 1. The molecule has 0 spiro atoms. The molecule has 0 bridgehead atoms. The van der Waals surface area contributed by atoms with Gasteiger partial charge in [-0.3, -0.25) is 4.79 Å². The molecule has 2 rings (SSSR count). The Morgan fingerprint density at radius 2 is 1.95 bits per heavy atom. The number of esters is 1. The maximum atomic E-state index is 12.2. The van der Waals surface area contributed by atoms with Crippen molar-refractivity contribution in [1.82, 2.24) is 0 Å². The molecular formula is C15H18NO5S-. The number of aryl methyl sites for hydroxylation is 1. The molecule has 0 fully saturated rings. The molecule has 0 radical (unpaired) electrons. The maximum absolute atomic E-state index is 12.2. The van der Waals surface area contributed by atoms with Gasteiger partial charge in [0.2, 0.25) is 5.91 Å². The summed E-state index contributed by atoms with van der Waals surface area (Å²) >= 11 is 1.38. The lowest BCUT2D eigenvalue weighted by Crippen LogP contribution is -2.24. The van der Waals surface area contributed by atoms with E-state index in [1.807, 2.05) is 0 Å². The molecule has 0 saturated carbocycles. The molecule has 1 aromatic heterocycles. The number of fused-ring (bicyclic) bond motifs is 1. The first-order valence-electron chi connectivity index (χ1n) is 7.34. The molecule has 120 valence electrons. The SMILES string of the molecule is CCOC(=O)c1c(NC(=O)CCC(=O)[O-])sc2c1CCCC2. The van der Waals surface area contributed by atoms with E-state index in [1.54, 1.807) is 6.92 Å². The predicted molar refractivity (Wildman–Crippen MR) is 79.8 cm³/mol. The topological polar surface area (TPSA) is 95.5 Å². The summed E-state index contributed by atoms with van der Waals surface area (Å²) in [6, 6.07) is 0. The zero-order chi connectivity index (χ0) is 16.1. The molecule has 0 aliphatic heterocycles.